The molecule has 5 heteroatoms. The van der Waals surface area contributed by atoms with Gasteiger partial charge in [-0.2, -0.15) is 0 Å². The van der Waals surface area contributed by atoms with Gasteiger partial charge in [0.1, 0.15) is 5.41 Å². The Morgan fingerprint density at radius 3 is 2.42 bits per heavy atom. The van der Waals surface area contributed by atoms with Crippen LogP contribution < -0.4 is 10.2 Å². The summed E-state index contributed by atoms with van der Waals surface area (Å²) >= 11 is 0. The number of hydrogen-bond acceptors (Lipinski definition) is 3. The summed E-state index contributed by atoms with van der Waals surface area (Å²) in [6.45, 7) is 2.26. The number of amides is 1. The normalized spacial score (nSPS) is 16.8. The number of benzene rings is 2. The van der Waals surface area contributed by atoms with Crippen LogP contribution in [0.25, 0.3) is 0 Å². The highest BCUT2D eigenvalue weighted by atomic mass is 16.4. The van der Waals surface area contributed by atoms with E-state index >= 15 is 0 Å². The minimum atomic E-state index is -1.18. The van der Waals surface area contributed by atoms with Gasteiger partial charge in [-0.1, -0.05) is 42.5 Å². The highest BCUT2D eigenvalue weighted by molar-refractivity contribution is 6.04. The van der Waals surface area contributed by atoms with Crippen molar-refractivity contribution in [1.29, 1.82) is 0 Å². The van der Waals surface area contributed by atoms with Gasteiger partial charge in [-0.15, -0.1) is 0 Å². The number of para-hydroxylation sites is 1. The summed E-state index contributed by atoms with van der Waals surface area (Å²) in [7, 11) is 0. The highest BCUT2D eigenvalue weighted by Gasteiger charge is 2.56. The minimum Gasteiger partial charge on any atom is -0.480 e. The Kier molecular flexibility index (Phi) is 4.15. The largest absolute Gasteiger partial charge is 0.480 e. The molecule has 2 aliphatic rings. The van der Waals surface area contributed by atoms with Crippen molar-refractivity contribution in [3.8, 4) is 0 Å². The topological polar surface area (TPSA) is 69.6 Å². The Balaban J connectivity index is 1.34. The molecule has 4 rings (SSSR count). The second-order valence-corrected chi connectivity index (χ2v) is 7.19. The summed E-state index contributed by atoms with van der Waals surface area (Å²) in [5.41, 5.74) is 3.74. The summed E-state index contributed by atoms with van der Waals surface area (Å²) in [4.78, 5) is 25.6. The van der Waals surface area contributed by atoms with E-state index in [1.807, 2.05) is 12.1 Å². The van der Waals surface area contributed by atoms with Crippen LogP contribution in [0.5, 0.6) is 0 Å². The van der Waals surface area contributed by atoms with E-state index in [1.54, 1.807) is 0 Å². The van der Waals surface area contributed by atoms with Crippen LogP contribution in [0.15, 0.2) is 48.5 Å². The molecule has 0 bridgehead atoms. The molecule has 1 saturated carbocycles. The molecule has 26 heavy (non-hydrogen) atoms. The fourth-order valence-corrected chi connectivity index (χ4v) is 3.57. The second-order valence-electron chi connectivity index (χ2n) is 7.19. The molecule has 1 fully saturated rings. The van der Waals surface area contributed by atoms with E-state index in [0.717, 1.165) is 25.1 Å². The smallest absolute Gasteiger partial charge is 0.319 e. The van der Waals surface area contributed by atoms with E-state index in [0.29, 0.717) is 19.4 Å². The van der Waals surface area contributed by atoms with Crippen molar-refractivity contribution in [2.24, 2.45) is 5.41 Å². The fraction of sp³-hybridized carbons (Fsp3) is 0.333. The van der Waals surface area contributed by atoms with Gasteiger partial charge in [0, 0.05) is 25.3 Å². The monoisotopic (exact) mass is 350 g/mol. The maximum Gasteiger partial charge on any atom is 0.319 e. The zero-order valence-corrected chi connectivity index (χ0v) is 14.6. The van der Waals surface area contributed by atoms with E-state index in [9.17, 15) is 9.59 Å². The van der Waals surface area contributed by atoms with Gasteiger partial charge in [0.25, 0.3) is 0 Å². The number of anilines is 1. The third kappa shape index (κ3) is 3.05. The number of carboxylic acids is 1. The molecule has 0 saturated heterocycles. The first-order valence-corrected chi connectivity index (χ1v) is 9.01. The SMILES string of the molecule is O=C(O)C1(C(=O)NCc2ccc(CN3CCc4ccccc43)cc2)CC1. The van der Waals surface area contributed by atoms with Crippen LogP contribution in [0.4, 0.5) is 5.69 Å². The first-order valence-electron chi connectivity index (χ1n) is 9.01. The third-order valence-electron chi connectivity index (χ3n) is 5.43. The molecular formula is C21H22N2O3. The van der Waals surface area contributed by atoms with Crippen LogP contribution in [0, 0.1) is 5.41 Å². The van der Waals surface area contributed by atoms with Crippen LogP contribution in [0.2, 0.25) is 0 Å². The molecule has 2 N–H and O–H groups in total. The number of aliphatic carboxylic acids is 1. The Morgan fingerprint density at radius 2 is 1.73 bits per heavy atom. The average molecular weight is 350 g/mol. The summed E-state index contributed by atoms with van der Waals surface area (Å²) in [5.74, 6) is -1.39. The summed E-state index contributed by atoms with van der Waals surface area (Å²) < 4.78 is 0. The van der Waals surface area contributed by atoms with Gasteiger partial charge >= 0.3 is 5.97 Å². The van der Waals surface area contributed by atoms with Crippen LogP contribution in [0.3, 0.4) is 0 Å². The molecule has 5 nitrogen and oxygen atoms in total. The lowest BCUT2D eigenvalue weighted by atomic mass is 10.1. The lowest BCUT2D eigenvalue weighted by Gasteiger charge is -2.19. The maximum atomic E-state index is 12.1. The molecule has 0 spiro atoms. The van der Waals surface area contributed by atoms with Gasteiger partial charge in [-0.25, -0.2) is 0 Å². The quantitative estimate of drug-likeness (QED) is 0.786. The van der Waals surface area contributed by atoms with Crippen molar-refractivity contribution in [1.82, 2.24) is 5.32 Å². The number of carbonyl (C=O) groups is 2. The van der Waals surface area contributed by atoms with Crippen molar-refractivity contribution in [3.05, 3.63) is 65.2 Å². The zero-order valence-electron chi connectivity index (χ0n) is 14.6. The molecule has 2 aromatic rings. The molecule has 0 aromatic heterocycles. The number of rotatable bonds is 6. The standard InChI is InChI=1S/C21H22N2O3/c24-19(21(10-11-21)20(25)26)22-13-15-5-7-16(8-6-15)14-23-12-9-17-3-1-2-4-18(17)23/h1-8H,9-14H2,(H,22,24)(H,25,26). The summed E-state index contributed by atoms with van der Waals surface area (Å²) in [6.07, 6.45) is 1.96. The molecule has 1 aliphatic heterocycles. The van der Waals surface area contributed by atoms with Crippen molar-refractivity contribution in [2.45, 2.75) is 32.4 Å². The van der Waals surface area contributed by atoms with Crippen LogP contribution >= 0.6 is 0 Å². The van der Waals surface area contributed by atoms with E-state index in [1.165, 1.54) is 16.8 Å². The lowest BCUT2D eigenvalue weighted by Crippen LogP contribution is -2.36. The number of fused-ring (bicyclic) bond motifs is 1. The second kappa shape index (κ2) is 6.48. The molecular weight excluding hydrogens is 328 g/mol. The van der Waals surface area contributed by atoms with Gasteiger partial charge in [0.15, 0.2) is 0 Å². The average Bonchev–Trinajstić information content (AvgIpc) is 3.39. The predicted octanol–water partition coefficient (Wildman–Crippen LogP) is 2.73. The molecule has 1 heterocycles. The maximum absolute atomic E-state index is 12.1. The Morgan fingerprint density at radius 1 is 1.04 bits per heavy atom. The van der Waals surface area contributed by atoms with Crippen LogP contribution in [0.1, 0.15) is 29.5 Å². The van der Waals surface area contributed by atoms with Crippen LogP contribution in [-0.2, 0) is 29.1 Å². The van der Waals surface area contributed by atoms with Gasteiger partial charge < -0.3 is 15.3 Å². The molecule has 0 radical (unpaired) electrons. The summed E-state index contributed by atoms with van der Waals surface area (Å²) in [6, 6.07) is 16.7. The highest BCUT2D eigenvalue weighted by Crippen LogP contribution is 2.46. The summed E-state index contributed by atoms with van der Waals surface area (Å²) in [5, 5.41) is 11.9. The predicted molar refractivity (Wildman–Crippen MR) is 98.8 cm³/mol. The van der Waals surface area contributed by atoms with Gasteiger partial charge in [-0.05, 0) is 42.0 Å². The molecule has 1 aliphatic carbocycles. The Hall–Kier alpha value is -2.82. The number of nitrogens with one attached hydrogen (secondary N) is 1. The van der Waals surface area contributed by atoms with Gasteiger partial charge in [0.2, 0.25) is 5.91 Å². The lowest BCUT2D eigenvalue weighted by molar-refractivity contribution is -0.149. The zero-order chi connectivity index (χ0) is 18.1. The number of carboxylic acid groups (broad SMARTS) is 1. The van der Waals surface area contributed by atoms with Crippen LogP contribution in [-0.4, -0.2) is 23.5 Å². The first kappa shape index (κ1) is 16.6. The van der Waals surface area contributed by atoms with Crippen molar-refractivity contribution >= 4 is 17.6 Å². The van der Waals surface area contributed by atoms with Crippen molar-refractivity contribution in [2.75, 3.05) is 11.4 Å². The Bertz CT molecular complexity index is 841. The van der Waals surface area contributed by atoms with Crippen molar-refractivity contribution < 1.29 is 14.7 Å². The molecule has 134 valence electrons. The van der Waals surface area contributed by atoms with E-state index in [2.05, 4.69) is 46.6 Å². The number of nitrogens with zero attached hydrogens (tertiary/aromatic N) is 1. The molecule has 2 aromatic carbocycles. The Labute approximate surface area is 152 Å². The van der Waals surface area contributed by atoms with Gasteiger partial charge in [-0.3, -0.25) is 9.59 Å². The molecule has 1 amide bonds. The first-order chi connectivity index (χ1) is 12.6. The van der Waals surface area contributed by atoms with Crippen molar-refractivity contribution in [3.63, 3.8) is 0 Å². The third-order valence-corrected chi connectivity index (χ3v) is 5.43. The molecule has 0 unspecified atom stereocenters. The van der Waals surface area contributed by atoms with E-state index < -0.39 is 11.4 Å². The number of hydrogen-bond donors (Lipinski definition) is 2. The van der Waals surface area contributed by atoms with E-state index in [-0.39, 0.29) is 5.91 Å². The van der Waals surface area contributed by atoms with Gasteiger partial charge in [0.05, 0.1) is 0 Å². The molecule has 0 atom stereocenters. The minimum absolute atomic E-state index is 0.362. The number of carbonyl (C=O) groups excluding carboxylic acids is 1. The van der Waals surface area contributed by atoms with E-state index in [4.69, 9.17) is 5.11 Å². The fourth-order valence-electron chi connectivity index (χ4n) is 3.57.